The molecule has 0 unspecified atom stereocenters. The van der Waals surface area contributed by atoms with E-state index in [1.165, 1.54) is 48.9 Å². The van der Waals surface area contributed by atoms with Crippen molar-refractivity contribution in [1.29, 1.82) is 0 Å². The topological polar surface area (TPSA) is 27.7 Å². The minimum Gasteiger partial charge on any atom is -0.411 e. The van der Waals surface area contributed by atoms with Gasteiger partial charge in [0, 0.05) is 6.04 Å². The van der Waals surface area contributed by atoms with Gasteiger partial charge >= 0.3 is 8.80 Å². The van der Waals surface area contributed by atoms with E-state index in [2.05, 4.69) is 127 Å². The van der Waals surface area contributed by atoms with Gasteiger partial charge in [0.25, 0.3) is 29.3 Å². The molecule has 4 rings (SSSR count). The van der Waals surface area contributed by atoms with Gasteiger partial charge in [-0.1, -0.05) is 91.5 Å². The van der Waals surface area contributed by atoms with Gasteiger partial charge in [-0.3, -0.25) is 0 Å². The van der Waals surface area contributed by atoms with Crippen molar-refractivity contribution in [3.8, 4) is 0 Å². The van der Waals surface area contributed by atoms with Crippen LogP contribution in [0.1, 0.15) is 44.5 Å². The molecular formula is C33H36O3Si4. The first-order valence-electron chi connectivity index (χ1n) is 13.4. The minimum atomic E-state index is -3.22. The molecule has 4 aromatic rings. The molecule has 0 N–H and O–H groups in total. The Morgan fingerprint density at radius 3 is 1.30 bits per heavy atom. The van der Waals surface area contributed by atoms with Gasteiger partial charge in [-0.15, -0.1) is 0 Å². The first-order chi connectivity index (χ1) is 19.2. The standard InChI is InChI=1S/C33H36O3Si4/c1-8-29-18-20-30(21-19-29)22-40(34-37-31-15-9-12-23(2)26(31)5,35-38-32-16-10-13-24(3)27(32)6)36-39-33-17-11-14-25(4)28(33)7/h8-21H,1,22H2,2-7H3. The number of aryl methyl sites for hydroxylation is 3. The monoisotopic (exact) mass is 592 g/mol. The Labute approximate surface area is 248 Å². The van der Waals surface area contributed by atoms with Crippen molar-refractivity contribution in [2.45, 2.75) is 47.6 Å². The van der Waals surface area contributed by atoms with Crippen LogP contribution < -0.4 is 15.6 Å². The second-order valence-electron chi connectivity index (χ2n) is 10.2. The second-order valence-corrected chi connectivity index (χ2v) is 16.6. The molecule has 0 aliphatic heterocycles. The summed E-state index contributed by atoms with van der Waals surface area (Å²) >= 11 is 0. The lowest BCUT2D eigenvalue weighted by atomic mass is 10.1. The molecule has 0 saturated carbocycles. The molecule has 0 spiro atoms. The molecule has 0 atom stereocenters. The van der Waals surface area contributed by atoms with E-state index in [9.17, 15) is 0 Å². The molecule has 6 radical (unpaired) electrons. The summed E-state index contributed by atoms with van der Waals surface area (Å²) in [5.74, 6) is 0. The number of benzene rings is 4. The lowest BCUT2D eigenvalue weighted by Crippen LogP contribution is -2.55. The molecular weight excluding hydrogens is 557 g/mol. The van der Waals surface area contributed by atoms with Crippen LogP contribution in [0.25, 0.3) is 6.08 Å². The Morgan fingerprint density at radius 2 is 0.950 bits per heavy atom. The highest BCUT2D eigenvalue weighted by Crippen LogP contribution is 2.19. The molecule has 0 aliphatic rings. The van der Waals surface area contributed by atoms with Gasteiger partial charge in [0.1, 0.15) is 0 Å². The van der Waals surface area contributed by atoms with Crippen LogP contribution in [0.3, 0.4) is 0 Å². The fourth-order valence-corrected chi connectivity index (χ4v) is 12.1. The highest BCUT2D eigenvalue weighted by molar-refractivity contribution is 6.78. The Kier molecular flexibility index (Phi) is 10.5. The summed E-state index contributed by atoms with van der Waals surface area (Å²) < 4.78 is 20.7. The summed E-state index contributed by atoms with van der Waals surface area (Å²) in [5.41, 5.74) is 9.78. The van der Waals surface area contributed by atoms with Crippen molar-refractivity contribution < 1.29 is 12.3 Å². The van der Waals surface area contributed by atoms with Crippen molar-refractivity contribution in [2.24, 2.45) is 0 Å². The van der Waals surface area contributed by atoms with Crippen molar-refractivity contribution in [2.75, 3.05) is 0 Å². The summed E-state index contributed by atoms with van der Waals surface area (Å²) in [6.45, 7) is 16.8. The van der Waals surface area contributed by atoms with Gasteiger partial charge < -0.3 is 12.3 Å². The van der Waals surface area contributed by atoms with Crippen molar-refractivity contribution in [3.63, 3.8) is 0 Å². The molecule has 0 aliphatic carbocycles. The normalized spacial score (nSPS) is 11.6. The molecule has 0 bridgehead atoms. The Balaban J connectivity index is 1.72. The van der Waals surface area contributed by atoms with E-state index < -0.39 is 8.80 Å². The van der Waals surface area contributed by atoms with Crippen LogP contribution in [-0.4, -0.2) is 38.1 Å². The fourth-order valence-electron chi connectivity index (χ4n) is 4.18. The van der Waals surface area contributed by atoms with Gasteiger partial charge in [-0.05, 0) is 102 Å². The third-order valence-electron chi connectivity index (χ3n) is 7.40. The van der Waals surface area contributed by atoms with Crippen molar-refractivity contribution >= 4 is 59.7 Å². The van der Waals surface area contributed by atoms with E-state index in [1.54, 1.807) is 0 Å². The SMILES string of the molecule is C=Cc1ccc(C[Si](O[Si]c2cccc(C)c2C)(O[Si]c2cccc(C)c2C)O[Si]c2cccc(C)c2C)cc1. The van der Waals surface area contributed by atoms with Crippen molar-refractivity contribution in [3.05, 3.63) is 130 Å². The van der Waals surface area contributed by atoms with Crippen molar-refractivity contribution in [1.82, 2.24) is 0 Å². The Hall–Kier alpha value is -2.63. The third kappa shape index (κ3) is 7.55. The zero-order valence-corrected chi connectivity index (χ0v) is 28.2. The zero-order chi connectivity index (χ0) is 28.7. The maximum Gasteiger partial charge on any atom is 0.474 e. The summed E-state index contributed by atoms with van der Waals surface area (Å²) in [7, 11) is -2.83. The maximum atomic E-state index is 6.91. The summed E-state index contributed by atoms with van der Waals surface area (Å²) in [6.07, 6.45) is 1.86. The molecule has 0 aromatic heterocycles. The van der Waals surface area contributed by atoms with Crippen LogP contribution in [-0.2, 0) is 18.4 Å². The molecule has 3 nitrogen and oxygen atoms in total. The fraction of sp³-hybridized carbons (Fsp3) is 0.212. The van der Waals surface area contributed by atoms with Crippen LogP contribution in [0.5, 0.6) is 0 Å². The third-order valence-corrected chi connectivity index (χ3v) is 15.5. The van der Waals surface area contributed by atoms with E-state index in [1.807, 2.05) is 6.08 Å². The smallest absolute Gasteiger partial charge is 0.411 e. The molecule has 7 heteroatoms. The molecule has 0 heterocycles. The van der Waals surface area contributed by atoms with Crippen LogP contribution >= 0.6 is 0 Å². The summed E-state index contributed by atoms with van der Waals surface area (Å²) in [4.78, 5) is 0. The van der Waals surface area contributed by atoms with Crippen LogP contribution in [0, 0.1) is 41.5 Å². The van der Waals surface area contributed by atoms with E-state index in [0.29, 0.717) is 6.04 Å². The zero-order valence-electron chi connectivity index (χ0n) is 24.2. The quantitative estimate of drug-likeness (QED) is 0.215. The molecule has 202 valence electrons. The predicted octanol–water partition coefficient (Wildman–Crippen LogP) is 5.08. The van der Waals surface area contributed by atoms with Gasteiger partial charge in [0.15, 0.2) is 0 Å². The summed E-state index contributed by atoms with van der Waals surface area (Å²) in [5, 5.41) is 3.57. The molecule has 4 aromatic carbocycles. The number of hydrogen-bond acceptors (Lipinski definition) is 3. The first-order valence-corrected chi connectivity index (χ1v) is 18.1. The Bertz CT molecular complexity index is 1330. The average Bonchev–Trinajstić information content (AvgIpc) is 2.95. The number of hydrogen-bond donors (Lipinski definition) is 0. The van der Waals surface area contributed by atoms with E-state index in [4.69, 9.17) is 12.3 Å². The van der Waals surface area contributed by atoms with Gasteiger partial charge in [0.2, 0.25) is 0 Å². The minimum absolute atomic E-state index is 0.130. The van der Waals surface area contributed by atoms with Crippen LogP contribution in [0.4, 0.5) is 0 Å². The van der Waals surface area contributed by atoms with Crippen LogP contribution in [0.2, 0.25) is 0 Å². The van der Waals surface area contributed by atoms with Gasteiger partial charge in [0.05, 0.1) is 0 Å². The molecule has 0 saturated heterocycles. The highest BCUT2D eigenvalue weighted by atomic mass is 28.5. The summed E-state index contributed by atoms with van der Waals surface area (Å²) in [6, 6.07) is 28.2. The lowest BCUT2D eigenvalue weighted by Gasteiger charge is -2.31. The van der Waals surface area contributed by atoms with E-state index in [0.717, 1.165) is 11.1 Å². The predicted molar refractivity (Wildman–Crippen MR) is 173 cm³/mol. The van der Waals surface area contributed by atoms with E-state index >= 15 is 0 Å². The highest BCUT2D eigenvalue weighted by Gasteiger charge is 2.42. The molecule has 0 amide bonds. The number of rotatable bonds is 12. The molecule has 0 fully saturated rings. The lowest BCUT2D eigenvalue weighted by molar-refractivity contribution is 0.284. The maximum absolute atomic E-state index is 6.91. The second kappa shape index (κ2) is 13.8. The average molecular weight is 593 g/mol. The van der Waals surface area contributed by atoms with E-state index in [-0.39, 0.29) is 29.3 Å². The first kappa shape index (κ1) is 30.3. The Morgan fingerprint density at radius 1 is 0.575 bits per heavy atom. The van der Waals surface area contributed by atoms with Gasteiger partial charge in [-0.25, -0.2) is 0 Å². The van der Waals surface area contributed by atoms with Gasteiger partial charge in [-0.2, -0.15) is 0 Å². The largest absolute Gasteiger partial charge is 0.474 e. The van der Waals surface area contributed by atoms with Crippen LogP contribution in [0.15, 0.2) is 85.4 Å². The molecule has 40 heavy (non-hydrogen) atoms.